The van der Waals surface area contributed by atoms with Crippen molar-refractivity contribution in [3.05, 3.63) is 41.0 Å². The molecule has 0 unspecified atom stereocenters. The Balaban J connectivity index is 2.63. The second kappa shape index (κ2) is 5.34. The van der Waals surface area contributed by atoms with Crippen molar-refractivity contribution in [2.75, 3.05) is 5.73 Å². The Hall–Kier alpha value is -1.97. The van der Waals surface area contributed by atoms with E-state index in [-0.39, 0.29) is 5.82 Å². The summed E-state index contributed by atoms with van der Waals surface area (Å²) in [4.78, 5) is 8.71. The number of nitrogens with two attached hydrogens (primary N) is 1. The second-order valence-electron chi connectivity index (χ2n) is 4.73. The van der Waals surface area contributed by atoms with Crippen LogP contribution < -0.4 is 5.73 Å². The number of halogens is 1. The Bertz CT molecular complexity index is 609. The fourth-order valence-electron chi connectivity index (χ4n) is 2.00. The minimum absolute atomic E-state index is 0.283. The summed E-state index contributed by atoms with van der Waals surface area (Å²) < 4.78 is 14.0. The minimum Gasteiger partial charge on any atom is -0.383 e. The molecule has 0 saturated heterocycles. The summed E-state index contributed by atoms with van der Waals surface area (Å²) in [6.07, 6.45) is 1.67. The molecule has 0 aliphatic heterocycles. The van der Waals surface area contributed by atoms with Gasteiger partial charge in [-0.25, -0.2) is 14.4 Å². The Morgan fingerprint density at radius 2 is 1.95 bits per heavy atom. The van der Waals surface area contributed by atoms with Gasteiger partial charge in [0.2, 0.25) is 0 Å². The van der Waals surface area contributed by atoms with Gasteiger partial charge >= 0.3 is 0 Å². The largest absolute Gasteiger partial charge is 0.383 e. The Morgan fingerprint density at radius 1 is 1.21 bits per heavy atom. The SMILES string of the molecule is CCCc1nc(N)c(C)c(-c2cc(C)ccc2F)n1. The predicted octanol–water partition coefficient (Wildman–Crippen LogP) is 3.43. The lowest BCUT2D eigenvalue weighted by molar-refractivity contribution is 0.630. The first-order chi connectivity index (χ1) is 9.02. The molecule has 100 valence electrons. The Labute approximate surface area is 112 Å². The van der Waals surface area contributed by atoms with Crippen LogP contribution in [0.15, 0.2) is 18.2 Å². The Kier molecular flexibility index (Phi) is 3.79. The third-order valence-corrected chi connectivity index (χ3v) is 3.08. The zero-order valence-electron chi connectivity index (χ0n) is 11.5. The first kappa shape index (κ1) is 13.5. The molecule has 1 heterocycles. The molecule has 0 fully saturated rings. The molecular formula is C15H18FN3. The van der Waals surface area contributed by atoms with Crippen molar-refractivity contribution in [2.24, 2.45) is 0 Å². The molecule has 0 spiro atoms. The molecule has 0 saturated carbocycles. The van der Waals surface area contributed by atoms with Gasteiger partial charge in [0.05, 0.1) is 5.69 Å². The predicted molar refractivity (Wildman–Crippen MR) is 75.3 cm³/mol. The zero-order valence-corrected chi connectivity index (χ0v) is 11.5. The van der Waals surface area contributed by atoms with Gasteiger partial charge in [-0.05, 0) is 32.4 Å². The number of benzene rings is 1. The van der Waals surface area contributed by atoms with E-state index in [0.717, 1.165) is 24.0 Å². The van der Waals surface area contributed by atoms with Crippen LogP contribution in [0.5, 0.6) is 0 Å². The van der Waals surface area contributed by atoms with E-state index in [2.05, 4.69) is 9.97 Å². The highest BCUT2D eigenvalue weighted by Gasteiger charge is 2.14. The number of hydrogen-bond donors (Lipinski definition) is 1. The highest BCUT2D eigenvalue weighted by atomic mass is 19.1. The molecule has 0 bridgehead atoms. The van der Waals surface area contributed by atoms with Crippen LogP contribution >= 0.6 is 0 Å². The summed E-state index contributed by atoms with van der Waals surface area (Å²) in [5, 5.41) is 0. The zero-order chi connectivity index (χ0) is 14.0. The average molecular weight is 259 g/mol. The van der Waals surface area contributed by atoms with E-state index in [1.807, 2.05) is 20.8 Å². The van der Waals surface area contributed by atoms with Gasteiger partial charge in [0.1, 0.15) is 17.5 Å². The topological polar surface area (TPSA) is 51.8 Å². The number of anilines is 1. The fraction of sp³-hybridized carbons (Fsp3) is 0.333. The highest BCUT2D eigenvalue weighted by Crippen LogP contribution is 2.27. The quantitative estimate of drug-likeness (QED) is 0.918. The minimum atomic E-state index is -0.283. The number of aromatic nitrogens is 2. The van der Waals surface area contributed by atoms with E-state index in [1.165, 1.54) is 6.07 Å². The third kappa shape index (κ3) is 2.72. The molecule has 2 rings (SSSR count). The van der Waals surface area contributed by atoms with Gasteiger partial charge in [-0.1, -0.05) is 18.6 Å². The lowest BCUT2D eigenvalue weighted by Crippen LogP contribution is -2.05. The summed E-state index contributed by atoms with van der Waals surface area (Å²) >= 11 is 0. The molecule has 3 nitrogen and oxygen atoms in total. The maximum Gasteiger partial charge on any atom is 0.132 e. The van der Waals surface area contributed by atoms with Crippen molar-refractivity contribution in [2.45, 2.75) is 33.6 Å². The first-order valence-corrected chi connectivity index (χ1v) is 6.42. The summed E-state index contributed by atoms with van der Waals surface area (Å²) in [5.41, 5.74) is 8.71. The lowest BCUT2D eigenvalue weighted by Gasteiger charge is -2.11. The standard InChI is InChI=1S/C15H18FN3/c1-4-5-13-18-14(10(3)15(17)19-13)11-8-9(2)6-7-12(11)16/h6-8H,4-5H2,1-3H3,(H2,17,18,19). The fourth-order valence-corrected chi connectivity index (χ4v) is 2.00. The van der Waals surface area contributed by atoms with Crippen molar-refractivity contribution in [1.29, 1.82) is 0 Å². The molecule has 0 amide bonds. The Morgan fingerprint density at radius 3 is 2.63 bits per heavy atom. The van der Waals surface area contributed by atoms with Crippen LogP contribution in [0.1, 0.15) is 30.3 Å². The van der Waals surface area contributed by atoms with Gasteiger partial charge in [-0.3, -0.25) is 0 Å². The van der Waals surface area contributed by atoms with Crippen molar-refractivity contribution >= 4 is 5.82 Å². The van der Waals surface area contributed by atoms with Crippen LogP contribution in [0.4, 0.5) is 10.2 Å². The summed E-state index contributed by atoms with van der Waals surface area (Å²) in [6, 6.07) is 4.99. The van der Waals surface area contributed by atoms with E-state index >= 15 is 0 Å². The van der Waals surface area contributed by atoms with Gasteiger partial charge in [0.25, 0.3) is 0 Å². The molecule has 1 aromatic heterocycles. The second-order valence-corrected chi connectivity index (χ2v) is 4.73. The maximum atomic E-state index is 14.0. The molecule has 4 heteroatoms. The van der Waals surface area contributed by atoms with Crippen LogP contribution in [0, 0.1) is 19.7 Å². The summed E-state index contributed by atoms with van der Waals surface area (Å²) in [7, 11) is 0. The molecule has 0 aliphatic rings. The van der Waals surface area contributed by atoms with E-state index in [0.29, 0.717) is 22.9 Å². The van der Waals surface area contributed by atoms with Crippen LogP contribution in [0.2, 0.25) is 0 Å². The van der Waals surface area contributed by atoms with E-state index in [9.17, 15) is 4.39 Å². The first-order valence-electron chi connectivity index (χ1n) is 6.42. The monoisotopic (exact) mass is 259 g/mol. The van der Waals surface area contributed by atoms with Crippen molar-refractivity contribution in [1.82, 2.24) is 9.97 Å². The van der Waals surface area contributed by atoms with Crippen LogP contribution in [0.25, 0.3) is 11.3 Å². The molecule has 19 heavy (non-hydrogen) atoms. The van der Waals surface area contributed by atoms with Gasteiger partial charge in [-0.2, -0.15) is 0 Å². The third-order valence-electron chi connectivity index (χ3n) is 3.08. The number of nitrogen functional groups attached to an aromatic ring is 1. The smallest absolute Gasteiger partial charge is 0.132 e. The highest BCUT2D eigenvalue weighted by molar-refractivity contribution is 5.68. The number of rotatable bonds is 3. The van der Waals surface area contributed by atoms with Gasteiger partial charge in [0, 0.05) is 17.5 Å². The van der Waals surface area contributed by atoms with Crippen molar-refractivity contribution in [3.63, 3.8) is 0 Å². The summed E-state index contributed by atoms with van der Waals surface area (Å²) in [6.45, 7) is 5.80. The van der Waals surface area contributed by atoms with E-state index in [1.54, 1.807) is 12.1 Å². The molecule has 0 radical (unpaired) electrons. The van der Waals surface area contributed by atoms with Gasteiger partial charge < -0.3 is 5.73 Å². The lowest BCUT2D eigenvalue weighted by atomic mass is 10.0. The van der Waals surface area contributed by atoms with Gasteiger partial charge in [0.15, 0.2) is 0 Å². The number of hydrogen-bond acceptors (Lipinski definition) is 3. The maximum absolute atomic E-state index is 14.0. The normalized spacial score (nSPS) is 10.7. The van der Waals surface area contributed by atoms with Crippen LogP contribution in [0.3, 0.4) is 0 Å². The molecular weight excluding hydrogens is 241 g/mol. The number of nitrogens with zero attached hydrogens (tertiary/aromatic N) is 2. The average Bonchev–Trinajstić information content (AvgIpc) is 2.37. The molecule has 2 aromatic rings. The molecule has 0 aliphatic carbocycles. The molecule has 0 atom stereocenters. The molecule has 2 N–H and O–H groups in total. The van der Waals surface area contributed by atoms with E-state index in [4.69, 9.17) is 5.73 Å². The van der Waals surface area contributed by atoms with E-state index < -0.39 is 0 Å². The van der Waals surface area contributed by atoms with Crippen molar-refractivity contribution < 1.29 is 4.39 Å². The van der Waals surface area contributed by atoms with Crippen molar-refractivity contribution in [3.8, 4) is 11.3 Å². The molecule has 1 aromatic carbocycles. The van der Waals surface area contributed by atoms with Crippen LogP contribution in [-0.4, -0.2) is 9.97 Å². The van der Waals surface area contributed by atoms with Crippen LogP contribution in [-0.2, 0) is 6.42 Å². The summed E-state index contributed by atoms with van der Waals surface area (Å²) in [5.74, 6) is 0.810. The van der Waals surface area contributed by atoms with Gasteiger partial charge in [-0.15, -0.1) is 0 Å². The number of aryl methyl sites for hydroxylation is 2.